The number of hydrogen-bond donors (Lipinski definition) is 2. The van der Waals surface area contributed by atoms with E-state index in [4.69, 9.17) is 20.9 Å². The van der Waals surface area contributed by atoms with E-state index in [0.717, 1.165) is 46.5 Å². The van der Waals surface area contributed by atoms with Gasteiger partial charge in [0.15, 0.2) is 0 Å². The van der Waals surface area contributed by atoms with E-state index in [0.29, 0.717) is 24.0 Å². The van der Waals surface area contributed by atoms with Crippen molar-refractivity contribution in [3.8, 4) is 11.5 Å². The van der Waals surface area contributed by atoms with Gasteiger partial charge in [-0.05, 0) is 110 Å². The summed E-state index contributed by atoms with van der Waals surface area (Å²) in [6.45, 7) is 0. The number of nitrogen functional groups attached to an aromatic ring is 2. The summed E-state index contributed by atoms with van der Waals surface area (Å²) in [4.78, 5) is 0. The largest absolute Gasteiger partial charge is 0.490 e. The van der Waals surface area contributed by atoms with E-state index in [-0.39, 0.29) is 0 Å². The van der Waals surface area contributed by atoms with Crippen molar-refractivity contribution in [1.82, 2.24) is 0 Å². The SMILES string of the molecule is Nc1ccc(OC2CC3CC2C2C4CC(CC4Oc4ccc(N)cc4)C32)cc1. The van der Waals surface area contributed by atoms with E-state index in [2.05, 4.69) is 0 Å². The zero-order chi connectivity index (χ0) is 18.8. The molecule has 0 amide bonds. The van der Waals surface area contributed by atoms with Crippen LogP contribution in [0.15, 0.2) is 48.5 Å². The van der Waals surface area contributed by atoms with Crippen molar-refractivity contribution >= 4 is 11.4 Å². The van der Waals surface area contributed by atoms with Crippen LogP contribution >= 0.6 is 0 Å². The highest BCUT2D eigenvalue weighted by molar-refractivity contribution is 5.42. The summed E-state index contributed by atoms with van der Waals surface area (Å²) in [5, 5.41) is 0. The van der Waals surface area contributed by atoms with Gasteiger partial charge in [0.25, 0.3) is 0 Å². The average Bonchev–Trinajstić information content (AvgIpc) is 3.44. The molecule has 4 nitrogen and oxygen atoms in total. The number of anilines is 2. The maximum Gasteiger partial charge on any atom is 0.119 e. The molecule has 4 bridgehead atoms. The van der Waals surface area contributed by atoms with Gasteiger partial charge in [-0.15, -0.1) is 0 Å². The summed E-state index contributed by atoms with van der Waals surface area (Å²) < 4.78 is 12.9. The first-order chi connectivity index (χ1) is 13.7. The van der Waals surface area contributed by atoms with Crippen molar-refractivity contribution in [1.29, 1.82) is 0 Å². The molecule has 6 unspecified atom stereocenters. The highest BCUT2D eigenvalue weighted by Crippen LogP contribution is 2.68. The lowest BCUT2D eigenvalue weighted by atomic mass is 9.69. The molecule has 0 saturated heterocycles. The minimum atomic E-state index is 0.353. The lowest BCUT2D eigenvalue weighted by Gasteiger charge is -2.41. The highest BCUT2D eigenvalue weighted by Gasteiger charge is 2.65. The van der Waals surface area contributed by atoms with Crippen LogP contribution in [0.5, 0.6) is 11.5 Å². The first-order valence-corrected chi connectivity index (χ1v) is 10.7. The lowest BCUT2D eigenvalue weighted by Crippen LogP contribution is -2.43. The smallest absolute Gasteiger partial charge is 0.119 e. The van der Waals surface area contributed by atoms with Crippen molar-refractivity contribution in [2.75, 3.05) is 11.5 Å². The molecule has 4 aliphatic carbocycles. The van der Waals surface area contributed by atoms with Gasteiger partial charge in [0.1, 0.15) is 23.7 Å². The minimum Gasteiger partial charge on any atom is -0.490 e. The standard InChI is InChI=1S/C24H28N2O2/c25-15-1-5-17(6-2-15)27-21-11-13-9-19(21)24-20-10-14(23(13)24)12-22(20)28-18-7-3-16(26)4-8-18/h1-8,13-14,19-24H,9-12,25-26H2. The monoisotopic (exact) mass is 376 g/mol. The Bertz CT molecular complexity index is 794. The topological polar surface area (TPSA) is 70.5 Å². The Morgan fingerprint density at radius 1 is 0.571 bits per heavy atom. The molecule has 28 heavy (non-hydrogen) atoms. The van der Waals surface area contributed by atoms with Gasteiger partial charge in [0.05, 0.1) is 0 Å². The summed E-state index contributed by atoms with van der Waals surface area (Å²) >= 11 is 0. The molecule has 0 aliphatic heterocycles. The van der Waals surface area contributed by atoms with Crippen LogP contribution in [0, 0.1) is 35.5 Å². The van der Waals surface area contributed by atoms with Crippen LogP contribution in [0.2, 0.25) is 0 Å². The third-order valence-corrected chi connectivity index (χ3v) is 8.03. The van der Waals surface area contributed by atoms with Gasteiger partial charge < -0.3 is 20.9 Å². The fourth-order valence-electron chi connectivity index (χ4n) is 7.20. The fourth-order valence-corrected chi connectivity index (χ4v) is 7.20. The van der Waals surface area contributed by atoms with Crippen LogP contribution in [0.4, 0.5) is 11.4 Å². The number of benzene rings is 2. The molecule has 6 atom stereocenters. The average molecular weight is 377 g/mol. The fraction of sp³-hybridized carbons (Fsp3) is 0.500. The summed E-state index contributed by atoms with van der Waals surface area (Å²) in [7, 11) is 0. The molecule has 6 rings (SSSR count). The van der Waals surface area contributed by atoms with E-state index < -0.39 is 0 Å². The van der Waals surface area contributed by atoms with Gasteiger partial charge in [-0.2, -0.15) is 0 Å². The van der Waals surface area contributed by atoms with Crippen LogP contribution in [-0.4, -0.2) is 12.2 Å². The van der Waals surface area contributed by atoms with Gasteiger partial charge in [0.2, 0.25) is 0 Å². The molecule has 0 aromatic heterocycles. The number of rotatable bonds is 4. The summed E-state index contributed by atoms with van der Waals surface area (Å²) in [6, 6.07) is 15.7. The molecule has 2 aromatic carbocycles. The summed E-state index contributed by atoms with van der Waals surface area (Å²) in [5.74, 6) is 6.66. The molecule has 4 aliphatic rings. The number of ether oxygens (including phenoxy) is 2. The molecule has 2 aromatic rings. The molecule has 4 fully saturated rings. The maximum atomic E-state index is 6.44. The minimum absolute atomic E-state index is 0.353. The van der Waals surface area contributed by atoms with Crippen LogP contribution < -0.4 is 20.9 Å². The highest BCUT2D eigenvalue weighted by atomic mass is 16.5. The zero-order valence-corrected chi connectivity index (χ0v) is 16.0. The zero-order valence-electron chi connectivity index (χ0n) is 16.0. The van der Waals surface area contributed by atoms with Gasteiger partial charge >= 0.3 is 0 Å². The van der Waals surface area contributed by atoms with Crippen molar-refractivity contribution < 1.29 is 9.47 Å². The van der Waals surface area contributed by atoms with Gasteiger partial charge in [-0.1, -0.05) is 0 Å². The number of hydrogen-bond acceptors (Lipinski definition) is 4. The first-order valence-electron chi connectivity index (χ1n) is 10.7. The maximum absolute atomic E-state index is 6.44. The Labute approximate surface area is 166 Å². The molecular formula is C24H28N2O2. The predicted molar refractivity (Wildman–Crippen MR) is 110 cm³/mol. The molecular weight excluding hydrogens is 348 g/mol. The summed E-state index contributed by atoms with van der Waals surface area (Å²) in [6.07, 6.45) is 5.84. The Morgan fingerprint density at radius 3 is 1.43 bits per heavy atom. The lowest BCUT2D eigenvalue weighted by molar-refractivity contribution is 0.000406. The van der Waals surface area contributed by atoms with E-state index >= 15 is 0 Å². The summed E-state index contributed by atoms with van der Waals surface area (Å²) in [5.41, 5.74) is 13.2. The number of fused-ring (bicyclic) bond motifs is 9. The van der Waals surface area contributed by atoms with E-state index in [1.165, 1.54) is 25.7 Å². The Kier molecular flexibility index (Phi) is 3.59. The quantitative estimate of drug-likeness (QED) is 0.614. The van der Waals surface area contributed by atoms with Crippen molar-refractivity contribution in [3.05, 3.63) is 48.5 Å². The van der Waals surface area contributed by atoms with E-state index in [1.807, 2.05) is 48.5 Å². The van der Waals surface area contributed by atoms with Crippen molar-refractivity contribution in [3.63, 3.8) is 0 Å². The molecule has 4 saturated carbocycles. The molecule has 4 heteroatoms. The third-order valence-electron chi connectivity index (χ3n) is 8.03. The van der Waals surface area contributed by atoms with Crippen LogP contribution in [0.3, 0.4) is 0 Å². The van der Waals surface area contributed by atoms with Gasteiger partial charge in [-0.25, -0.2) is 0 Å². The molecule has 0 spiro atoms. The molecule has 0 heterocycles. The molecule has 0 radical (unpaired) electrons. The van der Waals surface area contributed by atoms with Gasteiger partial charge in [0, 0.05) is 11.4 Å². The predicted octanol–water partition coefficient (Wildman–Crippen LogP) is 4.36. The Morgan fingerprint density at radius 2 is 1.00 bits per heavy atom. The second-order valence-corrected chi connectivity index (χ2v) is 9.40. The van der Waals surface area contributed by atoms with Crippen LogP contribution in [0.25, 0.3) is 0 Å². The normalized spacial score (nSPS) is 39.9. The second-order valence-electron chi connectivity index (χ2n) is 9.40. The Hall–Kier alpha value is -2.36. The first kappa shape index (κ1) is 16.6. The van der Waals surface area contributed by atoms with Crippen molar-refractivity contribution in [2.24, 2.45) is 35.5 Å². The van der Waals surface area contributed by atoms with Crippen LogP contribution in [-0.2, 0) is 0 Å². The third kappa shape index (κ3) is 2.50. The number of nitrogens with two attached hydrogens (primary N) is 2. The molecule has 4 N–H and O–H groups in total. The van der Waals surface area contributed by atoms with Crippen LogP contribution in [0.1, 0.15) is 25.7 Å². The Balaban J connectivity index is 1.18. The van der Waals surface area contributed by atoms with E-state index in [1.54, 1.807) is 0 Å². The molecule has 146 valence electrons. The van der Waals surface area contributed by atoms with E-state index in [9.17, 15) is 0 Å². The van der Waals surface area contributed by atoms with Crippen molar-refractivity contribution in [2.45, 2.75) is 37.9 Å². The van der Waals surface area contributed by atoms with Gasteiger partial charge in [-0.3, -0.25) is 0 Å². The second kappa shape index (κ2) is 6.07.